The van der Waals surface area contributed by atoms with Crippen molar-refractivity contribution in [1.82, 2.24) is 10.2 Å². The molecule has 128 valence electrons. The van der Waals surface area contributed by atoms with Crippen LogP contribution in [0, 0.1) is 10.7 Å². The molecular formula is C17H23I3N2O. The van der Waals surface area contributed by atoms with E-state index in [1.807, 2.05) is 6.07 Å². The second kappa shape index (κ2) is 7.22. The van der Waals surface area contributed by atoms with Crippen LogP contribution < -0.4 is 5.32 Å². The molecule has 1 aliphatic heterocycles. The monoisotopic (exact) mass is 652 g/mol. The van der Waals surface area contributed by atoms with Crippen molar-refractivity contribution >= 4 is 73.7 Å². The van der Waals surface area contributed by atoms with Gasteiger partial charge < -0.3 is 5.32 Å². The van der Waals surface area contributed by atoms with E-state index in [2.05, 4.69) is 119 Å². The lowest BCUT2D eigenvalue weighted by Crippen LogP contribution is -2.62. The molecular weight excluding hydrogens is 629 g/mol. The molecule has 0 unspecified atom stereocenters. The zero-order valence-electron chi connectivity index (χ0n) is 14.1. The molecule has 0 saturated carbocycles. The van der Waals surface area contributed by atoms with Gasteiger partial charge in [-0.3, -0.25) is 9.69 Å². The molecule has 1 saturated heterocycles. The quantitative estimate of drug-likeness (QED) is 0.365. The molecule has 0 atom stereocenters. The van der Waals surface area contributed by atoms with E-state index in [0.717, 1.165) is 29.1 Å². The van der Waals surface area contributed by atoms with Crippen molar-refractivity contribution in [3.05, 3.63) is 28.4 Å². The smallest absolute Gasteiger partial charge is 0.252 e. The lowest BCUT2D eigenvalue weighted by molar-refractivity contribution is -0.0169. The Labute approximate surface area is 180 Å². The summed E-state index contributed by atoms with van der Waals surface area (Å²) in [7, 11) is 2.18. The summed E-state index contributed by atoms with van der Waals surface area (Å²) in [5.41, 5.74) is 0.940. The van der Waals surface area contributed by atoms with Crippen molar-refractivity contribution < 1.29 is 4.79 Å². The maximum atomic E-state index is 12.8. The number of carbonyl (C=O) groups excluding carboxylic acids is 1. The van der Waals surface area contributed by atoms with Gasteiger partial charge in [0.25, 0.3) is 5.91 Å². The Bertz CT molecular complexity index is 611. The first-order chi connectivity index (χ1) is 10.4. The van der Waals surface area contributed by atoms with E-state index < -0.39 is 0 Å². The number of nitrogens with zero attached hydrogens (tertiary/aromatic N) is 1. The van der Waals surface area contributed by atoms with Gasteiger partial charge in [0, 0.05) is 27.8 Å². The molecule has 1 N–H and O–H groups in total. The van der Waals surface area contributed by atoms with E-state index in [0.29, 0.717) is 0 Å². The highest BCUT2D eigenvalue weighted by Crippen LogP contribution is 2.37. The summed E-state index contributed by atoms with van der Waals surface area (Å²) in [4.78, 5) is 15.2. The van der Waals surface area contributed by atoms with E-state index in [1.54, 1.807) is 0 Å². The average molecular weight is 652 g/mol. The number of carbonyl (C=O) groups is 1. The van der Waals surface area contributed by atoms with Crippen LogP contribution in [0.3, 0.4) is 0 Å². The zero-order chi connectivity index (χ0) is 17.6. The number of benzene rings is 1. The largest absolute Gasteiger partial charge is 0.349 e. The number of nitrogens with one attached hydrogen (secondary N) is 1. The van der Waals surface area contributed by atoms with Gasteiger partial charge in [-0.25, -0.2) is 0 Å². The first kappa shape index (κ1) is 20.2. The molecule has 0 aliphatic carbocycles. The van der Waals surface area contributed by atoms with Crippen LogP contribution in [0.1, 0.15) is 50.9 Å². The summed E-state index contributed by atoms with van der Waals surface area (Å²) < 4.78 is 3.26. The van der Waals surface area contributed by atoms with E-state index in [-0.39, 0.29) is 23.0 Å². The highest BCUT2D eigenvalue weighted by atomic mass is 127. The molecule has 2 rings (SSSR count). The molecule has 23 heavy (non-hydrogen) atoms. The molecule has 0 radical (unpaired) electrons. The lowest BCUT2D eigenvalue weighted by Gasteiger charge is -2.53. The van der Waals surface area contributed by atoms with Crippen molar-refractivity contribution in [2.45, 2.75) is 57.7 Å². The van der Waals surface area contributed by atoms with Gasteiger partial charge in [-0.1, -0.05) is 0 Å². The van der Waals surface area contributed by atoms with Crippen molar-refractivity contribution in [3.8, 4) is 0 Å². The van der Waals surface area contributed by atoms with E-state index in [9.17, 15) is 4.79 Å². The molecule has 6 heteroatoms. The second-order valence-electron chi connectivity index (χ2n) is 7.51. The summed E-state index contributed by atoms with van der Waals surface area (Å²) in [6.45, 7) is 9.02. The van der Waals surface area contributed by atoms with Crippen LogP contribution in [0.2, 0.25) is 0 Å². The van der Waals surface area contributed by atoms with Crippen LogP contribution >= 0.6 is 67.8 Å². The number of halogens is 3. The molecule has 0 spiro atoms. The molecule has 1 amide bonds. The molecule has 1 heterocycles. The van der Waals surface area contributed by atoms with Gasteiger partial charge in [0.2, 0.25) is 0 Å². The van der Waals surface area contributed by atoms with Crippen molar-refractivity contribution in [2.75, 3.05) is 7.05 Å². The van der Waals surface area contributed by atoms with Crippen molar-refractivity contribution in [2.24, 2.45) is 0 Å². The van der Waals surface area contributed by atoms with Gasteiger partial charge in [0.05, 0.1) is 5.56 Å². The highest BCUT2D eigenvalue weighted by Gasteiger charge is 2.43. The number of piperidine rings is 1. The minimum absolute atomic E-state index is 0.0481. The Morgan fingerprint density at radius 1 is 1.13 bits per heavy atom. The fourth-order valence-corrected chi connectivity index (χ4v) is 5.86. The van der Waals surface area contributed by atoms with E-state index in [1.165, 1.54) is 0 Å². The minimum atomic E-state index is 0.0481. The third kappa shape index (κ3) is 4.52. The number of rotatable bonds is 2. The summed E-state index contributed by atoms with van der Waals surface area (Å²) in [5.74, 6) is 0.0481. The van der Waals surface area contributed by atoms with Crippen LogP contribution in [0.25, 0.3) is 0 Å². The summed E-state index contributed by atoms with van der Waals surface area (Å²) in [6.07, 6.45) is 1.94. The number of hydrogen-bond acceptors (Lipinski definition) is 2. The molecule has 1 aliphatic rings. The maximum Gasteiger partial charge on any atom is 0.252 e. The molecule has 0 bridgehead atoms. The van der Waals surface area contributed by atoms with E-state index >= 15 is 0 Å². The van der Waals surface area contributed by atoms with Crippen LogP contribution in [-0.4, -0.2) is 35.0 Å². The van der Waals surface area contributed by atoms with Crippen LogP contribution in [0.15, 0.2) is 12.1 Å². The van der Waals surface area contributed by atoms with Crippen LogP contribution in [-0.2, 0) is 0 Å². The highest BCUT2D eigenvalue weighted by molar-refractivity contribution is 14.1. The second-order valence-corrected chi connectivity index (χ2v) is 11.0. The van der Waals surface area contributed by atoms with Gasteiger partial charge in [-0.05, 0) is 127 Å². The Morgan fingerprint density at radius 3 is 2.17 bits per heavy atom. The predicted octanol–water partition coefficient (Wildman–Crippen LogP) is 4.88. The number of amides is 1. The minimum Gasteiger partial charge on any atom is -0.349 e. The number of hydrogen-bond donors (Lipinski definition) is 1. The molecule has 1 aromatic carbocycles. The summed E-state index contributed by atoms with van der Waals surface area (Å²) in [5, 5.41) is 3.29. The summed E-state index contributed by atoms with van der Waals surface area (Å²) in [6, 6.07) is 4.28. The van der Waals surface area contributed by atoms with Gasteiger partial charge in [-0.2, -0.15) is 0 Å². The fraction of sp³-hybridized carbons (Fsp3) is 0.588. The Kier molecular flexibility index (Phi) is 6.33. The maximum absolute atomic E-state index is 12.8. The Hall–Kier alpha value is 0.840. The normalized spacial score (nSPS) is 21.2. The van der Waals surface area contributed by atoms with Gasteiger partial charge >= 0.3 is 0 Å². The van der Waals surface area contributed by atoms with E-state index in [4.69, 9.17) is 0 Å². The Morgan fingerprint density at radius 2 is 1.65 bits per heavy atom. The lowest BCUT2D eigenvalue weighted by atomic mass is 9.77. The van der Waals surface area contributed by atoms with Crippen molar-refractivity contribution in [1.29, 1.82) is 0 Å². The Balaban J connectivity index is 2.21. The van der Waals surface area contributed by atoms with Crippen LogP contribution in [0.4, 0.5) is 0 Å². The summed E-state index contributed by atoms with van der Waals surface area (Å²) >= 11 is 6.83. The first-order valence-corrected chi connectivity index (χ1v) is 10.9. The molecule has 1 fully saturated rings. The SMILES string of the molecule is CN1C(C)(C)CC(NC(=O)c2cc(I)cc(I)c2I)CC1(C)C. The topological polar surface area (TPSA) is 32.3 Å². The van der Waals surface area contributed by atoms with Gasteiger partial charge in [-0.15, -0.1) is 0 Å². The molecule has 0 aromatic heterocycles. The number of likely N-dealkylation sites (tertiary alicyclic amines) is 1. The average Bonchev–Trinajstić information content (AvgIpc) is 2.39. The fourth-order valence-electron chi connectivity index (χ4n) is 3.46. The first-order valence-electron chi connectivity index (χ1n) is 7.63. The zero-order valence-corrected chi connectivity index (χ0v) is 20.6. The van der Waals surface area contributed by atoms with Gasteiger partial charge in [0.1, 0.15) is 0 Å². The van der Waals surface area contributed by atoms with Gasteiger partial charge in [0.15, 0.2) is 0 Å². The predicted molar refractivity (Wildman–Crippen MR) is 121 cm³/mol. The standard InChI is InChI=1S/C17H23I3N2O/c1-16(2)8-11(9-17(3,4)22(16)5)21-15(23)12-6-10(18)7-13(19)14(12)20/h6-7,11H,8-9H2,1-5H3,(H,21,23). The molecule has 1 aromatic rings. The molecule has 3 nitrogen and oxygen atoms in total. The van der Waals surface area contributed by atoms with Crippen molar-refractivity contribution in [3.63, 3.8) is 0 Å². The van der Waals surface area contributed by atoms with Crippen LogP contribution in [0.5, 0.6) is 0 Å². The third-order valence-corrected chi connectivity index (χ3v) is 8.55. The third-order valence-electron chi connectivity index (χ3n) is 4.88.